The van der Waals surface area contributed by atoms with Gasteiger partial charge in [-0.15, -0.1) is 11.3 Å². The number of amides is 1. The van der Waals surface area contributed by atoms with Gasteiger partial charge in [0.25, 0.3) is 5.91 Å². The van der Waals surface area contributed by atoms with Crippen LogP contribution in [0.15, 0.2) is 47.8 Å². The molecule has 2 aromatic carbocycles. The Bertz CT molecular complexity index is 904. The highest BCUT2D eigenvalue weighted by atomic mass is 32.1. The lowest BCUT2D eigenvalue weighted by atomic mass is 10.2. The predicted molar refractivity (Wildman–Crippen MR) is 104 cm³/mol. The number of methoxy groups -OCH3 is 1. The van der Waals surface area contributed by atoms with E-state index in [-0.39, 0.29) is 12.5 Å². The molecule has 134 valence electrons. The van der Waals surface area contributed by atoms with Crippen molar-refractivity contribution in [2.75, 3.05) is 19.0 Å². The van der Waals surface area contributed by atoms with Gasteiger partial charge in [0.1, 0.15) is 16.5 Å². The zero-order valence-electron chi connectivity index (χ0n) is 14.9. The highest BCUT2D eigenvalue weighted by Gasteiger charge is 2.09. The first-order valence-corrected chi connectivity index (χ1v) is 9.03. The van der Waals surface area contributed by atoms with Gasteiger partial charge in [0, 0.05) is 16.6 Å². The molecule has 0 saturated carbocycles. The summed E-state index contributed by atoms with van der Waals surface area (Å²) in [7, 11) is 1.57. The summed E-state index contributed by atoms with van der Waals surface area (Å²) in [6.07, 6.45) is 0. The molecule has 0 bridgehead atoms. The molecule has 1 amide bonds. The molecular weight excluding hydrogens is 348 g/mol. The average Bonchev–Trinajstić information content (AvgIpc) is 3.07. The van der Waals surface area contributed by atoms with E-state index in [1.807, 2.05) is 61.7 Å². The molecule has 0 saturated heterocycles. The van der Waals surface area contributed by atoms with Crippen LogP contribution >= 0.6 is 11.3 Å². The van der Waals surface area contributed by atoms with E-state index in [9.17, 15) is 4.79 Å². The Kier molecular flexibility index (Phi) is 5.53. The molecule has 0 atom stereocenters. The van der Waals surface area contributed by atoms with E-state index in [1.165, 1.54) is 0 Å². The second-order valence-electron chi connectivity index (χ2n) is 5.86. The van der Waals surface area contributed by atoms with Gasteiger partial charge in [-0.1, -0.05) is 6.07 Å². The molecular formula is C20H20N2O3S. The highest BCUT2D eigenvalue weighted by Crippen LogP contribution is 2.26. The van der Waals surface area contributed by atoms with Gasteiger partial charge < -0.3 is 14.8 Å². The molecule has 0 radical (unpaired) electrons. The van der Waals surface area contributed by atoms with Crippen molar-refractivity contribution >= 4 is 22.9 Å². The molecule has 5 nitrogen and oxygen atoms in total. The number of benzene rings is 2. The minimum atomic E-state index is -0.242. The number of ether oxygens (including phenoxy) is 2. The third-order valence-corrected chi connectivity index (χ3v) is 4.73. The van der Waals surface area contributed by atoms with Crippen LogP contribution < -0.4 is 14.8 Å². The molecule has 1 heterocycles. The minimum absolute atomic E-state index is 0.0766. The number of carbonyl (C=O) groups excluding carboxylic acids is 1. The Balaban J connectivity index is 1.59. The first kappa shape index (κ1) is 17.9. The number of aromatic nitrogens is 1. The van der Waals surface area contributed by atoms with Crippen molar-refractivity contribution in [2.24, 2.45) is 0 Å². The van der Waals surface area contributed by atoms with E-state index in [0.29, 0.717) is 17.2 Å². The molecule has 0 aliphatic carbocycles. The molecule has 0 aliphatic heterocycles. The number of hydrogen-bond acceptors (Lipinski definition) is 5. The van der Waals surface area contributed by atoms with Gasteiger partial charge >= 0.3 is 0 Å². The number of rotatable bonds is 6. The summed E-state index contributed by atoms with van der Waals surface area (Å²) in [5.74, 6) is 1.01. The van der Waals surface area contributed by atoms with Gasteiger partial charge in [0.05, 0.1) is 12.8 Å². The van der Waals surface area contributed by atoms with E-state index in [0.717, 1.165) is 21.8 Å². The zero-order chi connectivity index (χ0) is 18.5. The number of carbonyl (C=O) groups is 1. The standard InChI is InChI=1S/C20H20N2O3S/c1-13-4-9-18(24-3)17(10-13)22-19(23)11-25-16-7-5-15(6-8-16)20-21-14(2)12-26-20/h4-10,12H,11H2,1-3H3,(H,22,23). The monoisotopic (exact) mass is 368 g/mol. The predicted octanol–water partition coefficient (Wildman–Crippen LogP) is 4.45. The van der Waals surface area contributed by atoms with Crippen LogP contribution in [-0.4, -0.2) is 24.6 Å². The first-order valence-electron chi connectivity index (χ1n) is 8.15. The summed E-state index contributed by atoms with van der Waals surface area (Å²) in [6, 6.07) is 13.2. The Morgan fingerprint density at radius 1 is 1.15 bits per heavy atom. The lowest BCUT2D eigenvalue weighted by Gasteiger charge is -2.11. The summed E-state index contributed by atoms with van der Waals surface area (Å²) in [6.45, 7) is 3.85. The van der Waals surface area contributed by atoms with E-state index >= 15 is 0 Å². The fourth-order valence-electron chi connectivity index (χ4n) is 2.43. The van der Waals surface area contributed by atoms with Crippen molar-refractivity contribution in [1.29, 1.82) is 0 Å². The number of thiazole rings is 1. The van der Waals surface area contributed by atoms with Crippen LogP contribution in [0.4, 0.5) is 5.69 Å². The molecule has 3 rings (SSSR count). The Morgan fingerprint density at radius 2 is 1.92 bits per heavy atom. The fourth-order valence-corrected chi connectivity index (χ4v) is 3.24. The van der Waals surface area contributed by atoms with Crippen molar-refractivity contribution in [3.05, 3.63) is 59.1 Å². The lowest BCUT2D eigenvalue weighted by Crippen LogP contribution is -2.20. The quantitative estimate of drug-likeness (QED) is 0.698. The van der Waals surface area contributed by atoms with Gasteiger partial charge in [-0.2, -0.15) is 0 Å². The fraction of sp³-hybridized carbons (Fsp3) is 0.200. The summed E-state index contributed by atoms with van der Waals surface area (Å²) >= 11 is 1.60. The van der Waals surface area contributed by atoms with Crippen molar-refractivity contribution in [2.45, 2.75) is 13.8 Å². The van der Waals surface area contributed by atoms with Crippen LogP contribution in [0.2, 0.25) is 0 Å². The van der Waals surface area contributed by atoms with Crippen molar-refractivity contribution in [3.8, 4) is 22.1 Å². The molecule has 0 aliphatic rings. The van der Waals surface area contributed by atoms with Crippen molar-refractivity contribution < 1.29 is 14.3 Å². The smallest absolute Gasteiger partial charge is 0.262 e. The Hall–Kier alpha value is -2.86. The molecule has 3 aromatic rings. The second kappa shape index (κ2) is 8.01. The number of aryl methyl sites for hydroxylation is 2. The summed E-state index contributed by atoms with van der Waals surface area (Å²) < 4.78 is 10.8. The molecule has 0 spiro atoms. The van der Waals surface area contributed by atoms with Crippen LogP contribution in [0.25, 0.3) is 10.6 Å². The maximum absolute atomic E-state index is 12.2. The van der Waals surface area contributed by atoms with Crippen LogP contribution in [0.5, 0.6) is 11.5 Å². The van der Waals surface area contributed by atoms with Gasteiger partial charge in [-0.05, 0) is 55.8 Å². The maximum atomic E-state index is 12.2. The van der Waals surface area contributed by atoms with Gasteiger partial charge in [0.2, 0.25) is 0 Å². The molecule has 0 unspecified atom stereocenters. The number of anilines is 1. The van der Waals surface area contributed by atoms with E-state index in [1.54, 1.807) is 18.4 Å². The van der Waals surface area contributed by atoms with Gasteiger partial charge in [0.15, 0.2) is 6.61 Å². The minimum Gasteiger partial charge on any atom is -0.495 e. The molecule has 1 aromatic heterocycles. The van der Waals surface area contributed by atoms with Crippen LogP contribution in [-0.2, 0) is 4.79 Å². The number of hydrogen-bond donors (Lipinski definition) is 1. The third-order valence-electron chi connectivity index (χ3n) is 3.72. The van der Waals surface area contributed by atoms with Crippen LogP contribution in [0.1, 0.15) is 11.3 Å². The molecule has 26 heavy (non-hydrogen) atoms. The third kappa shape index (κ3) is 4.40. The number of nitrogens with one attached hydrogen (secondary N) is 1. The summed E-state index contributed by atoms with van der Waals surface area (Å²) in [5, 5.41) is 5.80. The van der Waals surface area contributed by atoms with E-state index in [2.05, 4.69) is 10.3 Å². The second-order valence-corrected chi connectivity index (χ2v) is 6.72. The Labute approximate surface area is 156 Å². The normalized spacial score (nSPS) is 10.4. The van der Waals surface area contributed by atoms with Crippen molar-refractivity contribution in [3.63, 3.8) is 0 Å². The van der Waals surface area contributed by atoms with Gasteiger partial charge in [-0.25, -0.2) is 4.98 Å². The van der Waals surface area contributed by atoms with E-state index < -0.39 is 0 Å². The first-order chi connectivity index (χ1) is 12.5. The maximum Gasteiger partial charge on any atom is 0.262 e. The van der Waals surface area contributed by atoms with Gasteiger partial charge in [-0.3, -0.25) is 4.79 Å². The average molecular weight is 368 g/mol. The molecule has 6 heteroatoms. The molecule has 1 N–H and O–H groups in total. The van der Waals surface area contributed by atoms with Crippen LogP contribution in [0, 0.1) is 13.8 Å². The van der Waals surface area contributed by atoms with Crippen molar-refractivity contribution in [1.82, 2.24) is 4.98 Å². The molecule has 0 fully saturated rings. The highest BCUT2D eigenvalue weighted by molar-refractivity contribution is 7.13. The lowest BCUT2D eigenvalue weighted by molar-refractivity contribution is -0.118. The topological polar surface area (TPSA) is 60.5 Å². The SMILES string of the molecule is COc1ccc(C)cc1NC(=O)COc1ccc(-c2nc(C)cs2)cc1. The number of nitrogens with zero attached hydrogens (tertiary/aromatic N) is 1. The largest absolute Gasteiger partial charge is 0.495 e. The van der Waals surface area contributed by atoms with Crippen LogP contribution in [0.3, 0.4) is 0 Å². The Morgan fingerprint density at radius 3 is 2.58 bits per heavy atom. The summed E-state index contributed by atoms with van der Waals surface area (Å²) in [5.41, 5.74) is 3.71. The summed E-state index contributed by atoms with van der Waals surface area (Å²) in [4.78, 5) is 16.6. The van der Waals surface area contributed by atoms with E-state index in [4.69, 9.17) is 9.47 Å². The zero-order valence-corrected chi connectivity index (χ0v) is 15.7.